The Kier molecular flexibility index (Phi) is 3.70. The molecule has 1 aromatic carbocycles. The van der Waals surface area contributed by atoms with Gasteiger partial charge in [-0.2, -0.15) is 0 Å². The Bertz CT molecular complexity index is 363. The summed E-state index contributed by atoms with van der Waals surface area (Å²) in [6.07, 6.45) is 0. The highest BCUT2D eigenvalue weighted by Crippen LogP contribution is 2.23. The zero-order chi connectivity index (χ0) is 12.3. The third-order valence-corrected chi connectivity index (χ3v) is 2.66. The smallest absolute Gasteiger partial charge is 0.241 e. The number of benzene rings is 1. The Morgan fingerprint density at radius 2 is 1.75 bits per heavy atom. The first-order valence-corrected chi connectivity index (χ1v) is 5.44. The van der Waals surface area contributed by atoms with Gasteiger partial charge >= 0.3 is 0 Å². The van der Waals surface area contributed by atoms with Gasteiger partial charge in [-0.3, -0.25) is 4.79 Å². The molecule has 0 aliphatic heterocycles. The number of amides is 1. The van der Waals surface area contributed by atoms with Gasteiger partial charge in [-0.25, -0.2) is 0 Å². The van der Waals surface area contributed by atoms with Crippen LogP contribution in [0.15, 0.2) is 24.3 Å². The summed E-state index contributed by atoms with van der Waals surface area (Å²) in [6, 6.07) is 7.30. The fraction of sp³-hybridized carbons (Fsp3) is 0.462. The van der Waals surface area contributed by atoms with Crippen LogP contribution in [0.1, 0.15) is 37.9 Å². The predicted molar refractivity (Wildman–Crippen MR) is 66.1 cm³/mol. The number of hydrogen-bond donors (Lipinski definition) is 2. The van der Waals surface area contributed by atoms with Crippen molar-refractivity contribution in [2.75, 3.05) is 7.05 Å². The van der Waals surface area contributed by atoms with Crippen LogP contribution in [0.3, 0.4) is 0 Å². The lowest BCUT2D eigenvalue weighted by atomic mass is 9.86. The molecule has 1 amide bonds. The molecule has 1 rings (SSSR count). The molecule has 1 atom stereocenters. The summed E-state index contributed by atoms with van der Waals surface area (Å²) >= 11 is 0. The minimum Gasteiger partial charge on any atom is -0.358 e. The first-order valence-electron chi connectivity index (χ1n) is 5.44. The molecule has 16 heavy (non-hydrogen) atoms. The third kappa shape index (κ3) is 2.83. The van der Waals surface area contributed by atoms with Crippen LogP contribution in [-0.2, 0) is 10.2 Å². The highest BCUT2D eigenvalue weighted by molar-refractivity contribution is 5.82. The van der Waals surface area contributed by atoms with Gasteiger partial charge in [0.05, 0.1) is 0 Å². The van der Waals surface area contributed by atoms with Crippen molar-refractivity contribution in [3.05, 3.63) is 35.4 Å². The van der Waals surface area contributed by atoms with Crippen LogP contribution in [0, 0.1) is 0 Å². The summed E-state index contributed by atoms with van der Waals surface area (Å²) in [6.45, 7) is 6.46. The highest BCUT2D eigenvalue weighted by Gasteiger charge is 2.16. The van der Waals surface area contributed by atoms with Crippen molar-refractivity contribution in [1.29, 1.82) is 0 Å². The molecule has 0 saturated heterocycles. The van der Waals surface area contributed by atoms with Crippen LogP contribution < -0.4 is 11.1 Å². The van der Waals surface area contributed by atoms with Gasteiger partial charge in [0.2, 0.25) is 5.91 Å². The molecule has 0 aliphatic carbocycles. The van der Waals surface area contributed by atoms with Gasteiger partial charge in [0.15, 0.2) is 0 Å². The standard InChI is InChI=1S/C13H20N2O/c1-13(2,3)10-7-5-9(6-8-10)11(14)12(16)15-4/h5-8,11H,14H2,1-4H3,(H,15,16). The maximum Gasteiger partial charge on any atom is 0.241 e. The van der Waals surface area contributed by atoms with E-state index in [1.807, 2.05) is 24.3 Å². The number of rotatable bonds is 2. The van der Waals surface area contributed by atoms with E-state index in [1.165, 1.54) is 5.56 Å². The van der Waals surface area contributed by atoms with Crippen LogP contribution in [0.2, 0.25) is 0 Å². The van der Waals surface area contributed by atoms with Gasteiger partial charge in [0.1, 0.15) is 6.04 Å². The molecular formula is C13H20N2O. The Labute approximate surface area is 97.0 Å². The number of hydrogen-bond acceptors (Lipinski definition) is 2. The SMILES string of the molecule is CNC(=O)C(N)c1ccc(C(C)(C)C)cc1. The van der Waals surface area contributed by atoms with Crippen molar-refractivity contribution in [1.82, 2.24) is 5.32 Å². The van der Waals surface area contributed by atoms with E-state index < -0.39 is 6.04 Å². The molecule has 88 valence electrons. The zero-order valence-electron chi connectivity index (χ0n) is 10.4. The van der Waals surface area contributed by atoms with Crippen molar-refractivity contribution in [3.8, 4) is 0 Å². The van der Waals surface area contributed by atoms with Crippen LogP contribution >= 0.6 is 0 Å². The first kappa shape index (κ1) is 12.7. The van der Waals surface area contributed by atoms with Crippen LogP contribution in [0.5, 0.6) is 0 Å². The molecule has 0 heterocycles. The number of likely N-dealkylation sites (N-methyl/N-ethyl adjacent to an activating group) is 1. The lowest BCUT2D eigenvalue weighted by molar-refractivity contribution is -0.121. The quantitative estimate of drug-likeness (QED) is 0.797. The maximum absolute atomic E-state index is 11.4. The van der Waals surface area contributed by atoms with Crippen LogP contribution in [0.25, 0.3) is 0 Å². The van der Waals surface area contributed by atoms with E-state index in [0.717, 1.165) is 5.56 Å². The molecule has 0 saturated carbocycles. The number of carbonyl (C=O) groups excluding carboxylic acids is 1. The Morgan fingerprint density at radius 1 is 1.25 bits per heavy atom. The second-order valence-electron chi connectivity index (χ2n) is 4.96. The monoisotopic (exact) mass is 220 g/mol. The first-order chi connectivity index (χ1) is 7.36. The number of nitrogens with two attached hydrogens (primary N) is 1. The molecule has 3 N–H and O–H groups in total. The molecule has 0 spiro atoms. The maximum atomic E-state index is 11.4. The molecule has 3 nitrogen and oxygen atoms in total. The minimum atomic E-state index is -0.584. The van der Waals surface area contributed by atoms with Gasteiger partial charge in [-0.05, 0) is 16.5 Å². The van der Waals surface area contributed by atoms with E-state index >= 15 is 0 Å². The summed E-state index contributed by atoms with van der Waals surface area (Å²) in [5, 5.41) is 2.54. The molecule has 0 fully saturated rings. The van der Waals surface area contributed by atoms with E-state index in [1.54, 1.807) is 7.05 Å². The second kappa shape index (κ2) is 4.66. The fourth-order valence-corrected chi connectivity index (χ4v) is 1.50. The van der Waals surface area contributed by atoms with Crippen molar-refractivity contribution >= 4 is 5.91 Å². The molecule has 1 unspecified atom stereocenters. The van der Waals surface area contributed by atoms with E-state index in [9.17, 15) is 4.79 Å². The molecule has 0 aliphatic rings. The summed E-state index contributed by atoms with van der Waals surface area (Å²) in [4.78, 5) is 11.4. The summed E-state index contributed by atoms with van der Waals surface area (Å²) in [7, 11) is 1.59. The summed E-state index contributed by atoms with van der Waals surface area (Å²) in [5.74, 6) is -0.163. The number of carbonyl (C=O) groups is 1. The van der Waals surface area contributed by atoms with Crippen molar-refractivity contribution in [2.45, 2.75) is 32.2 Å². The Morgan fingerprint density at radius 3 is 2.12 bits per heavy atom. The zero-order valence-corrected chi connectivity index (χ0v) is 10.4. The van der Waals surface area contributed by atoms with E-state index in [0.29, 0.717) is 0 Å². The van der Waals surface area contributed by atoms with Crippen molar-refractivity contribution in [3.63, 3.8) is 0 Å². The van der Waals surface area contributed by atoms with E-state index in [4.69, 9.17) is 5.73 Å². The predicted octanol–water partition coefficient (Wildman–Crippen LogP) is 1.73. The van der Waals surface area contributed by atoms with E-state index in [-0.39, 0.29) is 11.3 Å². The van der Waals surface area contributed by atoms with Crippen molar-refractivity contribution in [2.24, 2.45) is 5.73 Å². The lowest BCUT2D eigenvalue weighted by Crippen LogP contribution is -2.31. The van der Waals surface area contributed by atoms with Crippen LogP contribution in [-0.4, -0.2) is 13.0 Å². The van der Waals surface area contributed by atoms with Crippen LogP contribution in [0.4, 0.5) is 0 Å². The molecule has 1 aromatic rings. The molecule has 3 heteroatoms. The molecular weight excluding hydrogens is 200 g/mol. The minimum absolute atomic E-state index is 0.121. The largest absolute Gasteiger partial charge is 0.358 e. The van der Waals surface area contributed by atoms with E-state index in [2.05, 4.69) is 26.1 Å². The van der Waals surface area contributed by atoms with Crippen molar-refractivity contribution < 1.29 is 4.79 Å². The van der Waals surface area contributed by atoms with Gasteiger partial charge < -0.3 is 11.1 Å². The van der Waals surface area contributed by atoms with Gasteiger partial charge in [-0.1, -0.05) is 45.0 Å². The van der Waals surface area contributed by atoms with Gasteiger partial charge in [0.25, 0.3) is 0 Å². The highest BCUT2D eigenvalue weighted by atomic mass is 16.2. The third-order valence-electron chi connectivity index (χ3n) is 2.66. The topological polar surface area (TPSA) is 55.1 Å². The second-order valence-corrected chi connectivity index (χ2v) is 4.96. The van der Waals surface area contributed by atoms with Gasteiger partial charge in [-0.15, -0.1) is 0 Å². The Hall–Kier alpha value is -1.35. The Balaban J connectivity index is 2.91. The molecule has 0 radical (unpaired) electrons. The normalized spacial score (nSPS) is 13.3. The summed E-state index contributed by atoms with van der Waals surface area (Å²) < 4.78 is 0. The molecule has 0 aromatic heterocycles. The average Bonchev–Trinajstić information content (AvgIpc) is 2.26. The molecule has 0 bridgehead atoms. The average molecular weight is 220 g/mol. The van der Waals surface area contributed by atoms with Gasteiger partial charge in [0, 0.05) is 7.05 Å². The number of nitrogens with one attached hydrogen (secondary N) is 1. The lowest BCUT2D eigenvalue weighted by Gasteiger charge is -2.20. The fourth-order valence-electron chi connectivity index (χ4n) is 1.50. The summed E-state index contributed by atoms with van der Waals surface area (Å²) in [5.41, 5.74) is 7.99.